The van der Waals surface area contributed by atoms with Gasteiger partial charge in [0.15, 0.2) is 0 Å². The molecule has 17 heavy (non-hydrogen) atoms. The molecule has 7 heteroatoms. The molecule has 1 rings (SSSR count). The molecular weight excluding hydrogens is 262 g/mol. The summed E-state index contributed by atoms with van der Waals surface area (Å²) in [7, 11) is -2.07. The van der Waals surface area contributed by atoms with Crippen molar-refractivity contribution in [3.05, 3.63) is 22.4 Å². The first kappa shape index (κ1) is 14.1. The fourth-order valence-corrected chi connectivity index (χ4v) is 2.90. The molecule has 1 atom stereocenters. The van der Waals surface area contributed by atoms with Gasteiger partial charge in [0.25, 0.3) is 0 Å². The molecule has 1 N–H and O–H groups in total. The number of ether oxygens (including phenoxy) is 1. The number of thiophene rings is 1. The Kier molecular flexibility index (Phi) is 5.10. The number of rotatable bonds is 6. The van der Waals surface area contributed by atoms with Crippen molar-refractivity contribution in [2.45, 2.75) is 19.4 Å². The third-order valence-electron chi connectivity index (χ3n) is 2.19. The molecule has 5 nitrogen and oxygen atoms in total. The fraction of sp³-hybridized carbons (Fsp3) is 0.500. The molecule has 0 aromatic carbocycles. The summed E-state index contributed by atoms with van der Waals surface area (Å²) in [6, 6.07) is 3.05. The van der Waals surface area contributed by atoms with E-state index >= 15 is 0 Å². The summed E-state index contributed by atoms with van der Waals surface area (Å²) in [6.45, 7) is 1.55. The lowest BCUT2D eigenvalue weighted by Crippen LogP contribution is -2.31. The summed E-state index contributed by atoms with van der Waals surface area (Å²) in [6.07, 6.45) is -0.00373. The van der Waals surface area contributed by atoms with Crippen molar-refractivity contribution in [1.82, 2.24) is 4.72 Å². The summed E-state index contributed by atoms with van der Waals surface area (Å²) in [4.78, 5) is 12.0. The van der Waals surface area contributed by atoms with Crippen molar-refractivity contribution >= 4 is 27.3 Å². The number of methoxy groups -OCH3 is 1. The normalized spacial score (nSPS) is 13.3. The van der Waals surface area contributed by atoms with E-state index in [4.69, 9.17) is 0 Å². The molecule has 1 aromatic rings. The number of hydrogen-bond acceptors (Lipinski definition) is 5. The molecule has 96 valence electrons. The van der Waals surface area contributed by atoms with Crippen LogP contribution in [0.3, 0.4) is 0 Å². The summed E-state index contributed by atoms with van der Waals surface area (Å²) >= 11 is 1.40. The molecule has 1 heterocycles. The van der Waals surface area contributed by atoms with Gasteiger partial charge in [-0.05, 0) is 18.4 Å². The number of nitrogens with one attached hydrogen (secondary N) is 1. The van der Waals surface area contributed by atoms with Crippen molar-refractivity contribution in [2.75, 3.05) is 12.9 Å². The van der Waals surface area contributed by atoms with E-state index < -0.39 is 22.0 Å². The molecule has 0 radical (unpaired) electrons. The molecular formula is C10H15NO4S2. The van der Waals surface area contributed by atoms with Crippen LogP contribution in [0.4, 0.5) is 0 Å². The third-order valence-corrected chi connectivity index (χ3v) is 4.58. The van der Waals surface area contributed by atoms with E-state index in [1.54, 1.807) is 13.0 Å². The van der Waals surface area contributed by atoms with Crippen molar-refractivity contribution in [1.29, 1.82) is 0 Å². The zero-order valence-corrected chi connectivity index (χ0v) is 11.3. The topological polar surface area (TPSA) is 72.5 Å². The summed E-state index contributed by atoms with van der Waals surface area (Å²) in [5.41, 5.74) is 0. The van der Waals surface area contributed by atoms with E-state index in [1.807, 2.05) is 11.4 Å². The second-order valence-corrected chi connectivity index (χ2v) is 6.39. The minimum atomic E-state index is -3.35. The van der Waals surface area contributed by atoms with E-state index in [-0.39, 0.29) is 12.2 Å². The minimum absolute atomic E-state index is 0.00373. The van der Waals surface area contributed by atoms with Crippen molar-refractivity contribution in [3.8, 4) is 0 Å². The Morgan fingerprint density at radius 2 is 2.29 bits per heavy atom. The SMILES string of the molecule is CCS(=O)(=O)NC(CC(=O)OC)c1cccs1. The Hall–Kier alpha value is -0.920. The Labute approximate surface area is 105 Å². The molecule has 0 fully saturated rings. The Balaban J connectivity index is 2.84. The van der Waals surface area contributed by atoms with Crippen LogP contribution in [-0.4, -0.2) is 27.2 Å². The number of hydrogen-bond donors (Lipinski definition) is 1. The molecule has 0 aliphatic rings. The first-order valence-electron chi connectivity index (χ1n) is 5.08. The van der Waals surface area contributed by atoms with Crippen LogP contribution in [0.25, 0.3) is 0 Å². The van der Waals surface area contributed by atoms with Crippen LogP contribution in [0.5, 0.6) is 0 Å². The lowest BCUT2D eigenvalue weighted by Gasteiger charge is -2.15. The van der Waals surface area contributed by atoms with E-state index in [2.05, 4.69) is 9.46 Å². The highest BCUT2D eigenvalue weighted by Crippen LogP contribution is 2.23. The number of sulfonamides is 1. The molecule has 0 bridgehead atoms. The van der Waals surface area contributed by atoms with E-state index in [0.29, 0.717) is 0 Å². The second kappa shape index (κ2) is 6.13. The second-order valence-electron chi connectivity index (χ2n) is 3.37. The summed E-state index contributed by atoms with van der Waals surface area (Å²) < 4.78 is 30.1. The standard InChI is InChI=1S/C10H15NO4S2/c1-3-17(13,14)11-8(7-10(12)15-2)9-5-4-6-16-9/h4-6,8,11H,3,7H2,1-2H3. The minimum Gasteiger partial charge on any atom is -0.469 e. The van der Waals surface area contributed by atoms with Crippen molar-refractivity contribution < 1.29 is 17.9 Å². The van der Waals surface area contributed by atoms with Gasteiger partial charge >= 0.3 is 5.97 Å². The van der Waals surface area contributed by atoms with Gasteiger partial charge in [0, 0.05) is 4.88 Å². The van der Waals surface area contributed by atoms with Gasteiger partial charge in [0.2, 0.25) is 10.0 Å². The number of carbonyl (C=O) groups is 1. The molecule has 0 saturated carbocycles. The number of esters is 1. The Bertz CT molecular complexity index is 453. The first-order chi connectivity index (χ1) is 7.98. The Morgan fingerprint density at radius 3 is 2.76 bits per heavy atom. The van der Waals surface area contributed by atoms with Gasteiger partial charge in [-0.2, -0.15) is 0 Å². The van der Waals surface area contributed by atoms with Crippen LogP contribution in [0.1, 0.15) is 24.3 Å². The van der Waals surface area contributed by atoms with E-state index in [0.717, 1.165) is 4.88 Å². The smallest absolute Gasteiger partial charge is 0.307 e. The monoisotopic (exact) mass is 277 g/mol. The predicted octanol–water partition coefficient (Wildman–Crippen LogP) is 1.29. The van der Waals surface area contributed by atoms with Crippen molar-refractivity contribution in [3.63, 3.8) is 0 Å². The predicted molar refractivity (Wildman–Crippen MR) is 66.3 cm³/mol. The maximum absolute atomic E-state index is 11.5. The summed E-state index contributed by atoms with van der Waals surface area (Å²) in [5, 5.41) is 1.83. The highest BCUT2D eigenvalue weighted by atomic mass is 32.2. The van der Waals surface area contributed by atoms with Gasteiger partial charge in [-0.15, -0.1) is 11.3 Å². The molecule has 0 saturated heterocycles. The lowest BCUT2D eigenvalue weighted by atomic mass is 10.2. The highest BCUT2D eigenvalue weighted by Gasteiger charge is 2.22. The van der Waals surface area contributed by atoms with Gasteiger partial charge in [0.05, 0.1) is 25.3 Å². The zero-order chi connectivity index (χ0) is 12.9. The van der Waals surface area contributed by atoms with Crippen molar-refractivity contribution in [2.24, 2.45) is 0 Å². The Morgan fingerprint density at radius 1 is 1.59 bits per heavy atom. The molecule has 0 amide bonds. The van der Waals surface area contributed by atoms with Crippen LogP contribution < -0.4 is 4.72 Å². The first-order valence-corrected chi connectivity index (χ1v) is 7.62. The molecule has 0 spiro atoms. The van der Waals surface area contributed by atoms with Gasteiger partial charge < -0.3 is 4.74 Å². The van der Waals surface area contributed by atoms with E-state index in [9.17, 15) is 13.2 Å². The maximum atomic E-state index is 11.5. The largest absolute Gasteiger partial charge is 0.469 e. The molecule has 0 aliphatic heterocycles. The lowest BCUT2D eigenvalue weighted by molar-refractivity contribution is -0.141. The maximum Gasteiger partial charge on any atom is 0.307 e. The van der Waals surface area contributed by atoms with Crippen LogP contribution in [0, 0.1) is 0 Å². The van der Waals surface area contributed by atoms with Gasteiger partial charge in [-0.25, -0.2) is 13.1 Å². The average Bonchev–Trinajstić information content (AvgIpc) is 2.81. The number of carbonyl (C=O) groups excluding carboxylic acids is 1. The van der Waals surface area contributed by atoms with Gasteiger partial charge in [-0.1, -0.05) is 6.07 Å². The average molecular weight is 277 g/mol. The van der Waals surface area contributed by atoms with Crippen LogP contribution in [0.2, 0.25) is 0 Å². The van der Waals surface area contributed by atoms with Crippen LogP contribution in [0.15, 0.2) is 17.5 Å². The quantitative estimate of drug-likeness (QED) is 0.795. The van der Waals surface area contributed by atoms with Crippen LogP contribution >= 0.6 is 11.3 Å². The fourth-order valence-electron chi connectivity index (χ4n) is 1.24. The summed E-state index contributed by atoms with van der Waals surface area (Å²) in [5.74, 6) is -0.460. The van der Waals surface area contributed by atoms with E-state index in [1.165, 1.54) is 18.4 Å². The van der Waals surface area contributed by atoms with Gasteiger partial charge in [-0.3, -0.25) is 4.79 Å². The molecule has 0 aliphatic carbocycles. The van der Waals surface area contributed by atoms with Gasteiger partial charge in [0.1, 0.15) is 0 Å². The van der Waals surface area contributed by atoms with Crippen LogP contribution in [-0.2, 0) is 19.6 Å². The third kappa shape index (κ3) is 4.45. The molecule has 1 unspecified atom stereocenters. The molecule has 1 aromatic heterocycles. The highest BCUT2D eigenvalue weighted by molar-refractivity contribution is 7.89. The zero-order valence-electron chi connectivity index (χ0n) is 9.67.